The Labute approximate surface area is 146 Å². The van der Waals surface area contributed by atoms with Crippen LogP contribution >= 0.6 is 0 Å². The first-order chi connectivity index (χ1) is 12.2. The fourth-order valence-corrected chi connectivity index (χ4v) is 3.38. The number of imidazole rings is 1. The van der Waals surface area contributed by atoms with Crippen LogP contribution in [-0.2, 0) is 0 Å². The zero-order valence-corrected chi connectivity index (χ0v) is 14.2. The van der Waals surface area contributed by atoms with E-state index in [4.69, 9.17) is 0 Å². The van der Waals surface area contributed by atoms with Gasteiger partial charge in [-0.2, -0.15) is 5.26 Å². The molecule has 1 N–H and O–H groups in total. The number of rotatable bonds is 3. The summed E-state index contributed by atoms with van der Waals surface area (Å²) < 4.78 is 1.86. The first-order valence-corrected chi connectivity index (χ1v) is 8.57. The third-order valence-electron chi connectivity index (χ3n) is 4.65. The SMILES string of the molecule is Cc1cccc(NC2CCN(c3nc4ccccn4c3C#N)CC2)n1. The van der Waals surface area contributed by atoms with E-state index in [1.807, 2.05) is 53.9 Å². The van der Waals surface area contributed by atoms with Crippen molar-refractivity contribution in [1.82, 2.24) is 14.4 Å². The van der Waals surface area contributed by atoms with Gasteiger partial charge in [-0.15, -0.1) is 0 Å². The van der Waals surface area contributed by atoms with Crippen LogP contribution in [-0.4, -0.2) is 33.5 Å². The smallest absolute Gasteiger partial charge is 0.169 e. The minimum absolute atomic E-state index is 0.396. The summed E-state index contributed by atoms with van der Waals surface area (Å²) in [6.07, 6.45) is 3.88. The lowest BCUT2D eigenvalue weighted by molar-refractivity contribution is 0.522. The van der Waals surface area contributed by atoms with Crippen molar-refractivity contribution < 1.29 is 0 Å². The van der Waals surface area contributed by atoms with Crippen LogP contribution < -0.4 is 10.2 Å². The van der Waals surface area contributed by atoms with Crippen molar-refractivity contribution >= 4 is 17.3 Å². The maximum absolute atomic E-state index is 9.55. The second-order valence-corrected chi connectivity index (χ2v) is 6.39. The molecule has 1 fully saturated rings. The number of hydrogen-bond acceptors (Lipinski definition) is 5. The van der Waals surface area contributed by atoms with E-state index in [0.717, 1.165) is 48.9 Å². The fraction of sp³-hybridized carbons (Fsp3) is 0.316. The number of pyridine rings is 2. The summed E-state index contributed by atoms with van der Waals surface area (Å²) in [5.41, 5.74) is 2.45. The van der Waals surface area contributed by atoms with E-state index in [1.54, 1.807) is 0 Å². The van der Waals surface area contributed by atoms with E-state index >= 15 is 0 Å². The largest absolute Gasteiger partial charge is 0.367 e. The van der Waals surface area contributed by atoms with E-state index in [2.05, 4.69) is 26.3 Å². The Morgan fingerprint density at radius 2 is 1.96 bits per heavy atom. The number of fused-ring (bicyclic) bond motifs is 1. The average Bonchev–Trinajstić information content (AvgIpc) is 3.01. The number of nitrogens with one attached hydrogen (secondary N) is 1. The molecular formula is C19H20N6. The number of anilines is 2. The van der Waals surface area contributed by atoms with Crippen molar-refractivity contribution in [2.75, 3.05) is 23.3 Å². The molecule has 1 saturated heterocycles. The van der Waals surface area contributed by atoms with E-state index in [9.17, 15) is 5.26 Å². The molecule has 6 heteroatoms. The minimum Gasteiger partial charge on any atom is -0.367 e. The summed E-state index contributed by atoms with van der Waals surface area (Å²) in [7, 11) is 0. The molecule has 0 atom stereocenters. The van der Waals surface area contributed by atoms with Crippen LogP contribution in [0.25, 0.3) is 5.65 Å². The van der Waals surface area contributed by atoms with Gasteiger partial charge in [-0.05, 0) is 44.0 Å². The lowest BCUT2D eigenvalue weighted by Crippen LogP contribution is -2.39. The van der Waals surface area contributed by atoms with Gasteiger partial charge in [-0.3, -0.25) is 4.40 Å². The molecular weight excluding hydrogens is 312 g/mol. The third-order valence-corrected chi connectivity index (χ3v) is 4.65. The molecule has 1 aliphatic heterocycles. The molecule has 1 aliphatic rings. The number of hydrogen-bond donors (Lipinski definition) is 1. The summed E-state index contributed by atoms with van der Waals surface area (Å²) in [6, 6.07) is 14.5. The molecule has 25 heavy (non-hydrogen) atoms. The molecule has 0 unspecified atom stereocenters. The van der Waals surface area contributed by atoms with Gasteiger partial charge in [0.1, 0.15) is 17.5 Å². The highest BCUT2D eigenvalue weighted by molar-refractivity contribution is 5.60. The van der Waals surface area contributed by atoms with Crippen LogP contribution in [0.3, 0.4) is 0 Å². The van der Waals surface area contributed by atoms with Gasteiger partial charge in [-0.1, -0.05) is 12.1 Å². The summed E-state index contributed by atoms with van der Waals surface area (Å²) in [5.74, 6) is 1.73. The molecule has 126 valence electrons. The first-order valence-electron chi connectivity index (χ1n) is 8.57. The Bertz CT molecular complexity index is 930. The summed E-state index contributed by atoms with van der Waals surface area (Å²) in [6.45, 7) is 3.75. The Morgan fingerprint density at radius 3 is 2.72 bits per heavy atom. The highest BCUT2D eigenvalue weighted by atomic mass is 15.2. The lowest BCUT2D eigenvalue weighted by Gasteiger charge is -2.32. The van der Waals surface area contributed by atoms with E-state index in [0.29, 0.717) is 11.7 Å². The molecule has 0 aromatic carbocycles. The van der Waals surface area contributed by atoms with Gasteiger partial charge in [0, 0.05) is 31.0 Å². The van der Waals surface area contributed by atoms with Crippen molar-refractivity contribution in [2.45, 2.75) is 25.8 Å². The molecule has 0 saturated carbocycles. The van der Waals surface area contributed by atoms with Crippen LogP contribution in [0.2, 0.25) is 0 Å². The molecule has 3 aromatic rings. The third kappa shape index (κ3) is 3.01. The average molecular weight is 332 g/mol. The zero-order valence-electron chi connectivity index (χ0n) is 14.2. The van der Waals surface area contributed by atoms with Crippen LogP contribution in [0.15, 0.2) is 42.6 Å². The molecule has 0 spiro atoms. The van der Waals surface area contributed by atoms with Crippen molar-refractivity contribution in [3.05, 3.63) is 54.0 Å². The Morgan fingerprint density at radius 1 is 1.12 bits per heavy atom. The highest BCUT2D eigenvalue weighted by Crippen LogP contribution is 2.25. The van der Waals surface area contributed by atoms with Crippen molar-refractivity contribution in [2.24, 2.45) is 0 Å². The molecule has 3 aromatic heterocycles. The van der Waals surface area contributed by atoms with Crippen LogP contribution in [0.1, 0.15) is 24.2 Å². The van der Waals surface area contributed by atoms with Gasteiger partial charge in [-0.25, -0.2) is 9.97 Å². The first kappa shape index (κ1) is 15.5. The zero-order chi connectivity index (χ0) is 17.2. The lowest BCUT2D eigenvalue weighted by atomic mass is 10.0. The van der Waals surface area contributed by atoms with E-state index in [1.165, 1.54) is 0 Å². The number of aromatic nitrogens is 3. The number of piperidine rings is 1. The van der Waals surface area contributed by atoms with Gasteiger partial charge >= 0.3 is 0 Å². The summed E-state index contributed by atoms with van der Waals surface area (Å²) in [4.78, 5) is 11.4. The maximum Gasteiger partial charge on any atom is 0.169 e. The van der Waals surface area contributed by atoms with Crippen molar-refractivity contribution in [3.8, 4) is 6.07 Å². The minimum atomic E-state index is 0.396. The number of nitriles is 1. The predicted octanol–water partition coefficient (Wildman–Crippen LogP) is 2.99. The van der Waals surface area contributed by atoms with Crippen LogP contribution in [0, 0.1) is 18.3 Å². The predicted molar refractivity (Wildman–Crippen MR) is 97.7 cm³/mol. The van der Waals surface area contributed by atoms with Gasteiger partial charge < -0.3 is 10.2 Å². The van der Waals surface area contributed by atoms with Gasteiger partial charge in [0.25, 0.3) is 0 Å². The molecule has 0 bridgehead atoms. The normalized spacial score (nSPS) is 15.3. The van der Waals surface area contributed by atoms with E-state index < -0.39 is 0 Å². The molecule has 6 nitrogen and oxygen atoms in total. The Balaban J connectivity index is 1.48. The fourth-order valence-electron chi connectivity index (χ4n) is 3.38. The second kappa shape index (κ2) is 6.44. The molecule has 4 heterocycles. The monoisotopic (exact) mass is 332 g/mol. The van der Waals surface area contributed by atoms with E-state index in [-0.39, 0.29) is 0 Å². The molecule has 0 aliphatic carbocycles. The van der Waals surface area contributed by atoms with Crippen molar-refractivity contribution in [3.63, 3.8) is 0 Å². The Hall–Kier alpha value is -3.07. The quantitative estimate of drug-likeness (QED) is 0.798. The molecule has 4 rings (SSSR count). The summed E-state index contributed by atoms with van der Waals surface area (Å²) >= 11 is 0. The topological polar surface area (TPSA) is 69.2 Å². The van der Waals surface area contributed by atoms with Crippen LogP contribution in [0.4, 0.5) is 11.6 Å². The van der Waals surface area contributed by atoms with Crippen LogP contribution in [0.5, 0.6) is 0 Å². The summed E-state index contributed by atoms with van der Waals surface area (Å²) in [5, 5.41) is 13.1. The van der Waals surface area contributed by atoms with Gasteiger partial charge in [0.15, 0.2) is 11.5 Å². The second-order valence-electron chi connectivity index (χ2n) is 6.39. The van der Waals surface area contributed by atoms with Crippen molar-refractivity contribution in [1.29, 1.82) is 5.26 Å². The highest BCUT2D eigenvalue weighted by Gasteiger charge is 2.24. The Kier molecular flexibility index (Phi) is 3.98. The number of aryl methyl sites for hydroxylation is 1. The molecule has 0 radical (unpaired) electrons. The van der Waals surface area contributed by atoms with Gasteiger partial charge in [0.2, 0.25) is 0 Å². The standard InChI is InChI=1S/C19H20N6/c1-14-5-4-6-17(21-14)22-15-8-11-24(12-9-15)19-16(13-20)25-10-3-2-7-18(25)23-19/h2-7,10,15H,8-9,11-12H2,1H3,(H,21,22). The molecule has 0 amide bonds. The maximum atomic E-state index is 9.55. The van der Waals surface area contributed by atoms with Gasteiger partial charge in [0.05, 0.1) is 0 Å². The number of nitrogens with zero attached hydrogens (tertiary/aromatic N) is 5.